The molecule has 0 aliphatic heterocycles. The van der Waals surface area contributed by atoms with Crippen LogP contribution in [0.25, 0.3) is 66.4 Å². The van der Waals surface area contributed by atoms with Crippen molar-refractivity contribution >= 4 is 39.0 Å². The highest BCUT2D eigenvalue weighted by molar-refractivity contribution is 6.06. The molecule has 8 aromatic carbocycles. The van der Waals surface area contributed by atoms with E-state index in [-0.39, 0.29) is 10.8 Å². The molecule has 0 amide bonds. The summed E-state index contributed by atoms with van der Waals surface area (Å²) in [6.07, 6.45) is 0. The first kappa shape index (κ1) is 32.8. The number of para-hydroxylation sites is 1. The summed E-state index contributed by atoms with van der Waals surface area (Å²) in [6.45, 7) is 9.43. The largest absolute Gasteiger partial charge is 0.456 e. The number of rotatable bonds is 5. The van der Waals surface area contributed by atoms with Crippen LogP contribution in [-0.2, 0) is 10.8 Å². The molecule has 0 spiro atoms. The second-order valence-electron chi connectivity index (χ2n) is 16.5. The van der Waals surface area contributed by atoms with Crippen molar-refractivity contribution in [1.29, 1.82) is 0 Å². The summed E-state index contributed by atoms with van der Waals surface area (Å²) in [6, 6.07) is 64.6. The number of furan rings is 1. The first-order chi connectivity index (χ1) is 27.3. The number of hydrogen-bond acceptors (Lipinski definition) is 2. The zero-order valence-electron chi connectivity index (χ0n) is 32.1. The van der Waals surface area contributed by atoms with Gasteiger partial charge in [0.2, 0.25) is 0 Å². The highest BCUT2D eigenvalue weighted by Crippen LogP contribution is 2.55. The second-order valence-corrected chi connectivity index (χ2v) is 16.5. The SMILES string of the molecule is CC1(C)c2ccccc2-c2c(-c3cccc(N(c4cccc(-c5ccc6c(c5)oc5ccccc56)c4)c4cccc5c4-c4ccccc4C5(C)C)c3)cccc21. The minimum atomic E-state index is -0.121. The average Bonchev–Trinajstić information content (AvgIpc) is 3.81. The van der Waals surface area contributed by atoms with Gasteiger partial charge in [0, 0.05) is 38.5 Å². The Morgan fingerprint density at radius 3 is 1.64 bits per heavy atom. The molecule has 0 N–H and O–H groups in total. The Hall–Kier alpha value is -6.64. The summed E-state index contributed by atoms with van der Waals surface area (Å²) in [5.41, 5.74) is 20.5. The van der Waals surface area contributed by atoms with Crippen molar-refractivity contribution in [2.75, 3.05) is 4.90 Å². The summed E-state index contributed by atoms with van der Waals surface area (Å²) >= 11 is 0. The second kappa shape index (κ2) is 11.9. The molecule has 0 saturated heterocycles. The van der Waals surface area contributed by atoms with Crippen LogP contribution < -0.4 is 4.90 Å². The van der Waals surface area contributed by atoms with Crippen LogP contribution >= 0.6 is 0 Å². The zero-order chi connectivity index (χ0) is 37.8. The minimum Gasteiger partial charge on any atom is -0.456 e. The van der Waals surface area contributed by atoms with E-state index in [1.165, 1.54) is 61.3 Å². The van der Waals surface area contributed by atoms with Crippen LogP contribution in [0.2, 0.25) is 0 Å². The molecule has 2 aliphatic carbocycles. The third-order valence-electron chi connectivity index (χ3n) is 12.7. The van der Waals surface area contributed by atoms with Crippen LogP contribution in [0.5, 0.6) is 0 Å². The third kappa shape index (κ3) is 4.69. The van der Waals surface area contributed by atoms with Crippen molar-refractivity contribution in [3.05, 3.63) is 198 Å². The van der Waals surface area contributed by atoms with Crippen LogP contribution in [0.15, 0.2) is 180 Å². The molecular weight excluding hydrogens is 679 g/mol. The van der Waals surface area contributed by atoms with Gasteiger partial charge in [-0.3, -0.25) is 0 Å². The van der Waals surface area contributed by atoms with E-state index in [1.807, 2.05) is 12.1 Å². The van der Waals surface area contributed by atoms with Crippen molar-refractivity contribution in [2.45, 2.75) is 38.5 Å². The average molecular weight is 720 g/mol. The zero-order valence-corrected chi connectivity index (χ0v) is 32.1. The van der Waals surface area contributed by atoms with Gasteiger partial charge in [0.1, 0.15) is 11.2 Å². The number of benzene rings is 8. The Labute approximate surface area is 328 Å². The standard InChI is InChI=1S/C54H41NO/c1-53(2)44-23-8-5-20-42(44)51-39(22-13-25-46(51)53)36-16-12-18-38(32-36)55(48-27-14-26-47-52(48)43-21-6-9-24-45(43)54(47,3)4)37-17-11-15-34(31-37)35-29-30-41-40-19-7-10-28-49(40)56-50(41)33-35/h5-33H,1-4H3. The van der Waals surface area contributed by atoms with Gasteiger partial charge < -0.3 is 9.32 Å². The minimum absolute atomic E-state index is 0.0673. The molecule has 0 fully saturated rings. The number of anilines is 3. The summed E-state index contributed by atoms with van der Waals surface area (Å²) in [4.78, 5) is 2.48. The number of fused-ring (bicyclic) bond motifs is 9. The Balaban J connectivity index is 1.12. The Kier molecular flexibility index (Phi) is 6.98. The molecule has 0 unspecified atom stereocenters. The quantitative estimate of drug-likeness (QED) is 0.176. The van der Waals surface area contributed by atoms with Crippen molar-refractivity contribution in [2.24, 2.45) is 0 Å². The first-order valence-corrected chi connectivity index (χ1v) is 19.7. The highest BCUT2D eigenvalue weighted by atomic mass is 16.3. The molecule has 2 heteroatoms. The van der Waals surface area contributed by atoms with Crippen LogP contribution in [0.1, 0.15) is 49.9 Å². The highest BCUT2D eigenvalue weighted by Gasteiger charge is 2.39. The van der Waals surface area contributed by atoms with Gasteiger partial charge in [-0.1, -0.05) is 155 Å². The summed E-state index contributed by atoms with van der Waals surface area (Å²) in [7, 11) is 0. The lowest BCUT2D eigenvalue weighted by Gasteiger charge is -2.29. The van der Waals surface area contributed by atoms with Crippen LogP contribution in [-0.4, -0.2) is 0 Å². The Bertz CT molecular complexity index is 3050. The maximum Gasteiger partial charge on any atom is 0.136 e. The molecule has 1 aromatic heterocycles. The van der Waals surface area contributed by atoms with E-state index in [9.17, 15) is 0 Å². The van der Waals surface area contributed by atoms with Gasteiger partial charge in [-0.05, 0) is 110 Å². The van der Waals surface area contributed by atoms with Crippen LogP contribution in [0.3, 0.4) is 0 Å². The van der Waals surface area contributed by atoms with Gasteiger partial charge in [-0.2, -0.15) is 0 Å². The van der Waals surface area contributed by atoms with E-state index in [4.69, 9.17) is 4.42 Å². The molecule has 9 aromatic rings. The van der Waals surface area contributed by atoms with E-state index in [2.05, 4.69) is 196 Å². The molecule has 0 bridgehead atoms. The summed E-state index contributed by atoms with van der Waals surface area (Å²) in [5, 5.41) is 2.28. The van der Waals surface area contributed by atoms with E-state index in [0.717, 1.165) is 44.4 Å². The van der Waals surface area contributed by atoms with Crippen molar-refractivity contribution in [1.82, 2.24) is 0 Å². The number of hydrogen-bond donors (Lipinski definition) is 0. The topological polar surface area (TPSA) is 16.4 Å². The maximum absolute atomic E-state index is 6.35. The lowest BCUT2D eigenvalue weighted by Crippen LogP contribution is -2.16. The smallest absolute Gasteiger partial charge is 0.136 e. The van der Waals surface area contributed by atoms with Crippen LogP contribution in [0, 0.1) is 0 Å². The molecular formula is C54H41NO. The molecule has 2 nitrogen and oxygen atoms in total. The molecule has 11 rings (SSSR count). The first-order valence-electron chi connectivity index (χ1n) is 19.7. The van der Waals surface area contributed by atoms with E-state index in [0.29, 0.717) is 0 Å². The molecule has 0 radical (unpaired) electrons. The van der Waals surface area contributed by atoms with Gasteiger partial charge in [-0.15, -0.1) is 0 Å². The summed E-state index contributed by atoms with van der Waals surface area (Å²) < 4.78 is 6.35. The summed E-state index contributed by atoms with van der Waals surface area (Å²) in [5.74, 6) is 0. The molecule has 0 saturated carbocycles. The van der Waals surface area contributed by atoms with Crippen molar-refractivity contribution < 1.29 is 4.42 Å². The van der Waals surface area contributed by atoms with Gasteiger partial charge in [-0.25, -0.2) is 0 Å². The van der Waals surface area contributed by atoms with Crippen molar-refractivity contribution in [3.63, 3.8) is 0 Å². The van der Waals surface area contributed by atoms with E-state index in [1.54, 1.807) is 0 Å². The fourth-order valence-corrected chi connectivity index (χ4v) is 9.89. The van der Waals surface area contributed by atoms with Crippen LogP contribution in [0.4, 0.5) is 17.1 Å². The maximum atomic E-state index is 6.35. The lowest BCUT2D eigenvalue weighted by molar-refractivity contribution is 0.660. The fourth-order valence-electron chi connectivity index (χ4n) is 9.89. The predicted molar refractivity (Wildman–Crippen MR) is 234 cm³/mol. The molecule has 1 heterocycles. The molecule has 2 aliphatic rings. The fraction of sp³-hybridized carbons (Fsp3) is 0.111. The molecule has 268 valence electrons. The monoisotopic (exact) mass is 719 g/mol. The van der Waals surface area contributed by atoms with Gasteiger partial charge in [0.15, 0.2) is 0 Å². The third-order valence-corrected chi connectivity index (χ3v) is 12.7. The Morgan fingerprint density at radius 2 is 0.893 bits per heavy atom. The predicted octanol–water partition coefficient (Wildman–Crippen LogP) is 15.0. The van der Waals surface area contributed by atoms with E-state index >= 15 is 0 Å². The van der Waals surface area contributed by atoms with Gasteiger partial charge in [0.25, 0.3) is 0 Å². The Morgan fingerprint density at radius 1 is 0.375 bits per heavy atom. The lowest BCUT2D eigenvalue weighted by atomic mass is 9.82. The van der Waals surface area contributed by atoms with Gasteiger partial charge >= 0.3 is 0 Å². The number of nitrogens with zero attached hydrogens (tertiary/aromatic N) is 1. The molecule has 56 heavy (non-hydrogen) atoms. The van der Waals surface area contributed by atoms with Crippen molar-refractivity contribution in [3.8, 4) is 44.5 Å². The molecule has 0 atom stereocenters. The normalized spacial score (nSPS) is 14.4. The van der Waals surface area contributed by atoms with Gasteiger partial charge in [0.05, 0.1) is 5.69 Å². The van der Waals surface area contributed by atoms with E-state index < -0.39 is 0 Å².